The van der Waals surface area contributed by atoms with Crippen molar-refractivity contribution in [3.8, 4) is 0 Å². The Kier molecular flexibility index (Phi) is 2.27. The minimum absolute atomic E-state index is 0.00722. The van der Waals surface area contributed by atoms with Gasteiger partial charge in [0.2, 0.25) is 0 Å². The minimum atomic E-state index is -0.308. The molecule has 15 heavy (non-hydrogen) atoms. The smallest absolute Gasteiger partial charge is 0.338 e. The van der Waals surface area contributed by atoms with Gasteiger partial charge in [-0.15, -0.1) is 0 Å². The zero-order valence-corrected chi connectivity index (χ0v) is 9.11. The zero-order chi connectivity index (χ0) is 11.1. The Morgan fingerprint density at radius 2 is 2.00 bits per heavy atom. The average Bonchev–Trinajstić information content (AvgIpc) is 2.86. The fourth-order valence-corrected chi connectivity index (χ4v) is 1.73. The molecule has 0 radical (unpaired) electrons. The van der Waals surface area contributed by atoms with E-state index in [2.05, 4.69) is 0 Å². The first-order chi connectivity index (χ1) is 7.06. The Hall–Kier alpha value is -1.35. The molecule has 1 aliphatic heterocycles. The van der Waals surface area contributed by atoms with Crippen molar-refractivity contribution < 1.29 is 14.3 Å². The molecule has 0 N–H and O–H groups in total. The zero-order valence-electron chi connectivity index (χ0n) is 9.11. The van der Waals surface area contributed by atoms with Gasteiger partial charge in [0.1, 0.15) is 6.10 Å². The summed E-state index contributed by atoms with van der Waals surface area (Å²) in [4.78, 5) is 11.5. The van der Waals surface area contributed by atoms with E-state index in [4.69, 9.17) is 9.47 Å². The molecule has 1 fully saturated rings. The summed E-state index contributed by atoms with van der Waals surface area (Å²) in [7, 11) is 1.39. The van der Waals surface area contributed by atoms with Crippen LogP contribution in [0.15, 0.2) is 24.3 Å². The number of rotatable bonds is 2. The monoisotopic (exact) mass is 206 g/mol. The Balaban J connectivity index is 2.36. The summed E-state index contributed by atoms with van der Waals surface area (Å²) in [6.07, 6.45) is 0.00722. The average molecular weight is 206 g/mol. The predicted molar refractivity (Wildman–Crippen MR) is 55.7 cm³/mol. The van der Waals surface area contributed by atoms with Gasteiger partial charge >= 0.3 is 5.97 Å². The highest BCUT2D eigenvalue weighted by molar-refractivity contribution is 5.91. The van der Waals surface area contributed by atoms with Crippen LogP contribution in [0.2, 0.25) is 0 Å². The molecule has 2 rings (SSSR count). The molecule has 3 heteroatoms. The van der Waals surface area contributed by atoms with Crippen LogP contribution in [0.25, 0.3) is 0 Å². The van der Waals surface area contributed by atoms with Gasteiger partial charge in [-0.2, -0.15) is 0 Å². The molecule has 1 aliphatic rings. The van der Waals surface area contributed by atoms with E-state index in [-0.39, 0.29) is 17.7 Å². The number of carbonyl (C=O) groups is 1. The van der Waals surface area contributed by atoms with Crippen molar-refractivity contribution in [1.82, 2.24) is 0 Å². The van der Waals surface area contributed by atoms with Gasteiger partial charge < -0.3 is 9.47 Å². The first-order valence-electron chi connectivity index (χ1n) is 4.91. The molecular formula is C12H14O3. The summed E-state index contributed by atoms with van der Waals surface area (Å²) < 4.78 is 10.2. The number of esters is 1. The van der Waals surface area contributed by atoms with Crippen LogP contribution in [-0.4, -0.2) is 18.7 Å². The third-order valence-electron chi connectivity index (χ3n) is 2.64. The van der Waals surface area contributed by atoms with E-state index < -0.39 is 0 Å². The maximum absolute atomic E-state index is 11.5. The lowest BCUT2D eigenvalue weighted by Crippen LogP contribution is -2.07. The Labute approximate surface area is 89.0 Å². The van der Waals surface area contributed by atoms with Gasteiger partial charge in [-0.3, -0.25) is 0 Å². The van der Waals surface area contributed by atoms with Crippen molar-refractivity contribution in [3.63, 3.8) is 0 Å². The highest BCUT2D eigenvalue weighted by Gasteiger charge is 2.50. The van der Waals surface area contributed by atoms with Gasteiger partial charge in [0.05, 0.1) is 18.3 Å². The Morgan fingerprint density at radius 1 is 1.40 bits per heavy atom. The van der Waals surface area contributed by atoms with E-state index in [0.29, 0.717) is 5.56 Å². The predicted octanol–water partition coefficient (Wildman–Crippen LogP) is 2.32. The van der Waals surface area contributed by atoms with Crippen LogP contribution in [0.5, 0.6) is 0 Å². The van der Waals surface area contributed by atoms with Crippen molar-refractivity contribution in [1.29, 1.82) is 0 Å². The maximum Gasteiger partial charge on any atom is 0.338 e. The van der Waals surface area contributed by atoms with Crippen LogP contribution in [0.3, 0.4) is 0 Å². The number of benzene rings is 1. The van der Waals surface area contributed by atoms with Crippen molar-refractivity contribution >= 4 is 5.97 Å². The number of hydrogen-bond donors (Lipinski definition) is 0. The molecule has 80 valence electrons. The van der Waals surface area contributed by atoms with Gasteiger partial charge in [-0.1, -0.05) is 18.2 Å². The molecule has 1 heterocycles. The quantitative estimate of drug-likeness (QED) is 0.550. The van der Waals surface area contributed by atoms with Gasteiger partial charge in [0.25, 0.3) is 0 Å². The van der Waals surface area contributed by atoms with Crippen molar-refractivity contribution in [2.45, 2.75) is 25.6 Å². The highest BCUT2D eigenvalue weighted by atomic mass is 16.6. The van der Waals surface area contributed by atoms with Crippen molar-refractivity contribution in [3.05, 3.63) is 35.4 Å². The number of carbonyl (C=O) groups excluding carboxylic acids is 1. The standard InChI is InChI=1S/C12H14O3/c1-12(2)10(15-12)8-6-4-5-7-9(8)11(13)14-3/h4-7,10H,1-3H3. The Morgan fingerprint density at radius 3 is 2.53 bits per heavy atom. The van der Waals surface area contributed by atoms with Gasteiger partial charge in [-0.05, 0) is 25.5 Å². The van der Waals surface area contributed by atoms with Crippen LogP contribution >= 0.6 is 0 Å². The summed E-state index contributed by atoms with van der Waals surface area (Å²) in [6.45, 7) is 4.01. The molecule has 1 atom stereocenters. The maximum atomic E-state index is 11.5. The molecule has 1 aromatic rings. The molecule has 0 aromatic heterocycles. The molecule has 3 nitrogen and oxygen atoms in total. The number of methoxy groups -OCH3 is 1. The van der Waals surface area contributed by atoms with Gasteiger partial charge in [0.15, 0.2) is 0 Å². The molecule has 0 amide bonds. The molecular weight excluding hydrogens is 192 g/mol. The van der Waals surface area contributed by atoms with Crippen LogP contribution in [0.4, 0.5) is 0 Å². The summed E-state index contributed by atoms with van der Waals surface area (Å²) in [6, 6.07) is 7.40. The second kappa shape index (κ2) is 3.35. The minimum Gasteiger partial charge on any atom is -0.465 e. The van der Waals surface area contributed by atoms with E-state index >= 15 is 0 Å². The van der Waals surface area contributed by atoms with E-state index in [9.17, 15) is 4.79 Å². The lowest BCUT2D eigenvalue weighted by molar-refractivity contribution is 0.0598. The van der Waals surface area contributed by atoms with Crippen LogP contribution in [-0.2, 0) is 9.47 Å². The molecule has 1 unspecified atom stereocenters. The van der Waals surface area contributed by atoms with Gasteiger partial charge in [-0.25, -0.2) is 4.79 Å². The topological polar surface area (TPSA) is 38.8 Å². The third-order valence-corrected chi connectivity index (χ3v) is 2.64. The highest BCUT2D eigenvalue weighted by Crippen LogP contribution is 2.49. The normalized spacial score (nSPS) is 22.2. The van der Waals surface area contributed by atoms with E-state index in [1.165, 1.54) is 7.11 Å². The summed E-state index contributed by atoms with van der Waals surface area (Å²) in [5.74, 6) is -0.308. The molecule has 0 aliphatic carbocycles. The second-order valence-corrected chi connectivity index (χ2v) is 4.18. The summed E-state index contributed by atoms with van der Waals surface area (Å²) >= 11 is 0. The Bertz CT molecular complexity index is 396. The molecule has 0 bridgehead atoms. The first kappa shape index (κ1) is 10.2. The van der Waals surface area contributed by atoms with E-state index in [1.807, 2.05) is 32.0 Å². The molecule has 1 aromatic carbocycles. The van der Waals surface area contributed by atoms with Crippen molar-refractivity contribution in [2.75, 3.05) is 7.11 Å². The lowest BCUT2D eigenvalue weighted by atomic mass is 9.98. The summed E-state index contributed by atoms with van der Waals surface area (Å²) in [5.41, 5.74) is 1.34. The van der Waals surface area contributed by atoms with Crippen LogP contribution in [0.1, 0.15) is 35.9 Å². The van der Waals surface area contributed by atoms with Gasteiger partial charge in [0, 0.05) is 0 Å². The fourth-order valence-electron chi connectivity index (χ4n) is 1.73. The fraction of sp³-hybridized carbons (Fsp3) is 0.417. The lowest BCUT2D eigenvalue weighted by Gasteiger charge is -2.05. The van der Waals surface area contributed by atoms with Crippen LogP contribution in [0, 0.1) is 0 Å². The molecule has 0 saturated carbocycles. The number of epoxide rings is 1. The van der Waals surface area contributed by atoms with E-state index in [0.717, 1.165) is 5.56 Å². The van der Waals surface area contributed by atoms with E-state index in [1.54, 1.807) is 6.07 Å². The number of hydrogen-bond acceptors (Lipinski definition) is 3. The van der Waals surface area contributed by atoms with Crippen LogP contribution < -0.4 is 0 Å². The SMILES string of the molecule is COC(=O)c1ccccc1C1OC1(C)C. The second-order valence-electron chi connectivity index (χ2n) is 4.18. The molecule has 1 saturated heterocycles. The first-order valence-corrected chi connectivity index (χ1v) is 4.91. The number of ether oxygens (including phenoxy) is 2. The third kappa shape index (κ3) is 1.75. The summed E-state index contributed by atoms with van der Waals surface area (Å²) in [5, 5.41) is 0. The van der Waals surface area contributed by atoms with Crippen molar-refractivity contribution in [2.24, 2.45) is 0 Å². The largest absolute Gasteiger partial charge is 0.465 e. The molecule has 0 spiro atoms.